The van der Waals surface area contributed by atoms with E-state index in [4.69, 9.17) is 9.47 Å². The number of anilines is 1. The van der Waals surface area contributed by atoms with Crippen LogP contribution in [0.15, 0.2) is 42.5 Å². The fraction of sp³-hybridized carbons (Fsp3) is 0.300. The van der Waals surface area contributed by atoms with Crippen LogP contribution in [0.4, 0.5) is 5.69 Å². The van der Waals surface area contributed by atoms with Crippen LogP contribution in [-0.4, -0.2) is 25.0 Å². The molecular weight excluding hydrogens is 318 g/mol. The molecule has 2 aromatic carbocycles. The molecule has 2 amide bonds. The molecule has 25 heavy (non-hydrogen) atoms. The molecule has 1 aliphatic heterocycles. The van der Waals surface area contributed by atoms with E-state index in [1.807, 2.05) is 0 Å². The molecule has 1 aliphatic carbocycles. The lowest BCUT2D eigenvalue weighted by molar-refractivity contribution is 0.0926. The highest BCUT2D eigenvalue weighted by molar-refractivity contribution is 6.34. The predicted octanol–water partition coefficient (Wildman–Crippen LogP) is 3.82. The third-order valence-corrected chi connectivity index (χ3v) is 4.80. The maximum Gasteiger partial charge on any atom is 0.266 e. The van der Waals surface area contributed by atoms with E-state index < -0.39 is 0 Å². The van der Waals surface area contributed by atoms with Crippen LogP contribution < -0.4 is 14.4 Å². The summed E-state index contributed by atoms with van der Waals surface area (Å²) in [7, 11) is 1.58. The van der Waals surface area contributed by atoms with Crippen molar-refractivity contribution in [2.75, 3.05) is 12.0 Å². The highest BCUT2D eigenvalue weighted by Crippen LogP contribution is 2.37. The monoisotopic (exact) mass is 337 g/mol. The number of nitrogens with zero attached hydrogens (tertiary/aromatic N) is 1. The van der Waals surface area contributed by atoms with Gasteiger partial charge >= 0.3 is 0 Å². The zero-order valence-electron chi connectivity index (χ0n) is 14.0. The Bertz CT molecular complexity index is 804. The van der Waals surface area contributed by atoms with Crippen molar-refractivity contribution in [1.82, 2.24) is 0 Å². The Morgan fingerprint density at radius 1 is 0.920 bits per heavy atom. The van der Waals surface area contributed by atoms with Crippen LogP contribution in [0.2, 0.25) is 0 Å². The fourth-order valence-electron chi connectivity index (χ4n) is 3.51. The van der Waals surface area contributed by atoms with Gasteiger partial charge in [-0.2, -0.15) is 0 Å². The Morgan fingerprint density at radius 3 is 2.16 bits per heavy atom. The average Bonchev–Trinajstić information content (AvgIpc) is 3.23. The number of carbonyl (C=O) groups excluding carboxylic acids is 2. The number of rotatable bonds is 4. The molecule has 1 fully saturated rings. The molecule has 5 nitrogen and oxygen atoms in total. The number of carbonyl (C=O) groups is 2. The summed E-state index contributed by atoms with van der Waals surface area (Å²) in [6.45, 7) is 0. The van der Waals surface area contributed by atoms with Crippen molar-refractivity contribution in [2.45, 2.75) is 31.8 Å². The Morgan fingerprint density at radius 2 is 1.56 bits per heavy atom. The summed E-state index contributed by atoms with van der Waals surface area (Å²) < 4.78 is 11.4. The Balaban J connectivity index is 1.69. The zero-order chi connectivity index (χ0) is 17.4. The molecule has 0 N–H and O–H groups in total. The number of amides is 2. The Hall–Kier alpha value is -2.82. The van der Waals surface area contributed by atoms with Gasteiger partial charge in [-0.25, -0.2) is 4.90 Å². The van der Waals surface area contributed by atoms with Crippen LogP contribution in [0.5, 0.6) is 11.5 Å². The third-order valence-electron chi connectivity index (χ3n) is 4.80. The van der Waals surface area contributed by atoms with Crippen LogP contribution in [0.3, 0.4) is 0 Å². The molecule has 128 valence electrons. The lowest BCUT2D eigenvalue weighted by Gasteiger charge is -2.19. The number of fused-ring (bicyclic) bond motifs is 1. The number of methoxy groups -OCH3 is 1. The molecule has 0 atom stereocenters. The van der Waals surface area contributed by atoms with Gasteiger partial charge in [-0.05, 0) is 49.9 Å². The maximum atomic E-state index is 12.7. The van der Waals surface area contributed by atoms with Gasteiger partial charge < -0.3 is 9.47 Å². The molecule has 0 radical (unpaired) electrons. The summed E-state index contributed by atoms with van der Waals surface area (Å²) in [5.41, 5.74) is 1.36. The summed E-state index contributed by atoms with van der Waals surface area (Å²) in [5, 5.41) is 0. The number of imide groups is 1. The normalized spacial score (nSPS) is 17.1. The number of benzene rings is 2. The molecule has 2 aliphatic rings. The lowest BCUT2D eigenvalue weighted by Crippen LogP contribution is -2.29. The first-order chi connectivity index (χ1) is 12.2. The van der Waals surface area contributed by atoms with E-state index in [0.29, 0.717) is 28.3 Å². The Kier molecular flexibility index (Phi) is 3.92. The number of ether oxygens (including phenoxy) is 2. The molecule has 0 saturated heterocycles. The van der Waals surface area contributed by atoms with Gasteiger partial charge in [-0.1, -0.05) is 12.1 Å². The first kappa shape index (κ1) is 15.7. The molecule has 1 heterocycles. The smallest absolute Gasteiger partial charge is 0.266 e. The van der Waals surface area contributed by atoms with Crippen molar-refractivity contribution in [3.63, 3.8) is 0 Å². The molecule has 2 aromatic rings. The van der Waals surface area contributed by atoms with E-state index in [1.165, 1.54) is 4.90 Å². The van der Waals surface area contributed by atoms with E-state index in [1.54, 1.807) is 49.6 Å². The minimum Gasteiger partial charge on any atom is -0.493 e. The van der Waals surface area contributed by atoms with Crippen LogP contribution in [0.25, 0.3) is 0 Å². The first-order valence-electron chi connectivity index (χ1n) is 8.51. The second-order valence-electron chi connectivity index (χ2n) is 6.35. The Labute approximate surface area is 146 Å². The summed E-state index contributed by atoms with van der Waals surface area (Å²) in [5.74, 6) is 0.561. The molecule has 0 spiro atoms. The number of hydrogen-bond donors (Lipinski definition) is 0. The SMILES string of the molecule is COc1ccc(N2C(=O)c3ccccc3C2=O)cc1OC1CCCC1. The van der Waals surface area contributed by atoms with E-state index in [9.17, 15) is 9.59 Å². The van der Waals surface area contributed by atoms with Gasteiger partial charge in [0.2, 0.25) is 0 Å². The molecule has 0 aromatic heterocycles. The summed E-state index contributed by atoms with van der Waals surface area (Å²) in [4.78, 5) is 26.5. The largest absolute Gasteiger partial charge is 0.493 e. The van der Waals surface area contributed by atoms with Crippen LogP contribution in [0.1, 0.15) is 46.4 Å². The van der Waals surface area contributed by atoms with Gasteiger partial charge in [0.05, 0.1) is 30.0 Å². The highest BCUT2D eigenvalue weighted by atomic mass is 16.5. The first-order valence-corrected chi connectivity index (χ1v) is 8.51. The van der Waals surface area contributed by atoms with Crippen molar-refractivity contribution in [2.24, 2.45) is 0 Å². The minimum atomic E-state index is -0.308. The summed E-state index contributed by atoms with van der Waals surface area (Å²) >= 11 is 0. The number of hydrogen-bond acceptors (Lipinski definition) is 4. The van der Waals surface area contributed by atoms with Gasteiger partial charge in [-0.15, -0.1) is 0 Å². The van der Waals surface area contributed by atoms with Gasteiger partial charge in [0.1, 0.15) is 0 Å². The maximum absolute atomic E-state index is 12.7. The minimum absolute atomic E-state index is 0.159. The van der Waals surface area contributed by atoms with Crippen LogP contribution >= 0.6 is 0 Å². The summed E-state index contributed by atoms with van der Waals surface area (Å²) in [6.07, 6.45) is 4.50. The summed E-state index contributed by atoms with van der Waals surface area (Å²) in [6, 6.07) is 12.0. The van der Waals surface area contributed by atoms with E-state index >= 15 is 0 Å². The van der Waals surface area contributed by atoms with Crippen molar-refractivity contribution >= 4 is 17.5 Å². The van der Waals surface area contributed by atoms with Crippen LogP contribution in [-0.2, 0) is 0 Å². The zero-order valence-corrected chi connectivity index (χ0v) is 14.0. The van der Waals surface area contributed by atoms with Crippen LogP contribution in [0, 0.1) is 0 Å². The average molecular weight is 337 g/mol. The van der Waals surface area contributed by atoms with Gasteiger partial charge in [0.15, 0.2) is 11.5 Å². The van der Waals surface area contributed by atoms with Crippen molar-refractivity contribution < 1.29 is 19.1 Å². The van der Waals surface area contributed by atoms with Gasteiger partial charge in [0.25, 0.3) is 11.8 Å². The molecular formula is C20H19NO4. The quantitative estimate of drug-likeness (QED) is 0.796. The van der Waals surface area contributed by atoms with Crippen molar-refractivity contribution in [3.8, 4) is 11.5 Å². The standard InChI is InChI=1S/C20H19NO4/c1-24-17-11-10-13(12-18(17)25-14-6-2-3-7-14)21-19(22)15-8-4-5-9-16(15)20(21)23/h4-5,8-12,14H,2-3,6-7H2,1H3. The fourth-order valence-corrected chi connectivity index (χ4v) is 3.51. The second kappa shape index (κ2) is 6.24. The molecule has 4 rings (SSSR count). The van der Waals surface area contributed by atoms with Gasteiger partial charge in [0, 0.05) is 6.07 Å². The molecule has 0 unspecified atom stereocenters. The van der Waals surface area contributed by atoms with Crippen molar-refractivity contribution in [3.05, 3.63) is 53.6 Å². The van der Waals surface area contributed by atoms with E-state index in [2.05, 4.69) is 0 Å². The molecule has 0 bridgehead atoms. The predicted molar refractivity (Wildman–Crippen MR) is 93.5 cm³/mol. The molecule has 1 saturated carbocycles. The highest BCUT2D eigenvalue weighted by Gasteiger charge is 2.36. The van der Waals surface area contributed by atoms with Gasteiger partial charge in [-0.3, -0.25) is 9.59 Å². The van der Waals surface area contributed by atoms with E-state index in [-0.39, 0.29) is 17.9 Å². The third kappa shape index (κ3) is 2.65. The lowest BCUT2D eigenvalue weighted by atomic mass is 10.1. The topological polar surface area (TPSA) is 55.8 Å². The van der Waals surface area contributed by atoms with Crippen molar-refractivity contribution in [1.29, 1.82) is 0 Å². The molecule has 5 heteroatoms. The second-order valence-corrected chi connectivity index (χ2v) is 6.35. The van der Waals surface area contributed by atoms with E-state index in [0.717, 1.165) is 25.7 Å².